The highest BCUT2D eigenvalue weighted by Gasteiger charge is 2.33. The first-order valence-corrected chi connectivity index (χ1v) is 5.46. The van der Waals surface area contributed by atoms with E-state index < -0.39 is 11.4 Å². The molecule has 88 valence electrons. The molecule has 0 fully saturated rings. The Kier molecular flexibility index (Phi) is 3.62. The van der Waals surface area contributed by atoms with Gasteiger partial charge in [-0.3, -0.25) is 4.79 Å². The van der Waals surface area contributed by atoms with Crippen LogP contribution in [-0.4, -0.2) is 21.0 Å². The zero-order valence-electron chi connectivity index (χ0n) is 10.2. The lowest BCUT2D eigenvalue weighted by Gasteiger charge is -2.18. The molecule has 0 amide bonds. The van der Waals surface area contributed by atoms with Crippen LogP contribution in [0.1, 0.15) is 44.4 Å². The molecule has 4 heteroatoms. The molecular formula is C12H18N2O2. The quantitative estimate of drug-likeness (QED) is 0.847. The van der Waals surface area contributed by atoms with Crippen molar-refractivity contribution in [3.05, 3.63) is 23.3 Å². The predicted molar refractivity (Wildman–Crippen MR) is 61.4 cm³/mol. The molecular weight excluding hydrogens is 204 g/mol. The molecule has 0 radical (unpaired) electrons. The van der Waals surface area contributed by atoms with Gasteiger partial charge in [0.25, 0.3) is 0 Å². The van der Waals surface area contributed by atoms with Crippen LogP contribution in [0.15, 0.2) is 6.07 Å². The third-order valence-electron chi connectivity index (χ3n) is 2.51. The first kappa shape index (κ1) is 12.6. The van der Waals surface area contributed by atoms with Crippen LogP contribution in [0.4, 0.5) is 0 Å². The Labute approximate surface area is 95.7 Å². The smallest absolute Gasteiger partial charge is 0.316 e. The van der Waals surface area contributed by atoms with Crippen LogP contribution < -0.4 is 0 Å². The Bertz CT molecular complexity index is 400. The van der Waals surface area contributed by atoms with E-state index in [9.17, 15) is 4.79 Å². The van der Waals surface area contributed by atoms with Gasteiger partial charge < -0.3 is 5.11 Å². The SMILES string of the molecule is CCCc1cc(C)nc(C(C)(C)C(=O)O)n1. The van der Waals surface area contributed by atoms with Crippen molar-refractivity contribution in [2.75, 3.05) is 0 Å². The summed E-state index contributed by atoms with van der Waals surface area (Å²) in [6.07, 6.45) is 1.84. The lowest BCUT2D eigenvalue weighted by atomic mass is 9.92. The van der Waals surface area contributed by atoms with Gasteiger partial charge in [0.05, 0.1) is 0 Å². The Morgan fingerprint density at radius 3 is 2.56 bits per heavy atom. The number of nitrogens with zero attached hydrogens (tertiary/aromatic N) is 2. The molecule has 0 saturated carbocycles. The molecule has 0 atom stereocenters. The van der Waals surface area contributed by atoms with Crippen molar-refractivity contribution in [1.82, 2.24) is 9.97 Å². The van der Waals surface area contributed by atoms with Crippen LogP contribution in [0.3, 0.4) is 0 Å². The van der Waals surface area contributed by atoms with Crippen molar-refractivity contribution in [3.63, 3.8) is 0 Å². The minimum absolute atomic E-state index is 0.392. The van der Waals surface area contributed by atoms with E-state index in [1.165, 1.54) is 0 Å². The third kappa shape index (κ3) is 2.56. The molecule has 0 spiro atoms. The van der Waals surface area contributed by atoms with Crippen LogP contribution in [0, 0.1) is 6.92 Å². The monoisotopic (exact) mass is 222 g/mol. The fraction of sp³-hybridized carbons (Fsp3) is 0.583. The second-order valence-electron chi connectivity index (χ2n) is 4.50. The molecule has 1 heterocycles. The van der Waals surface area contributed by atoms with E-state index in [0.29, 0.717) is 5.82 Å². The summed E-state index contributed by atoms with van der Waals surface area (Å²) in [5.41, 5.74) is 0.705. The highest BCUT2D eigenvalue weighted by molar-refractivity contribution is 5.78. The highest BCUT2D eigenvalue weighted by Crippen LogP contribution is 2.20. The number of aryl methyl sites for hydroxylation is 2. The zero-order valence-corrected chi connectivity index (χ0v) is 10.2. The van der Waals surface area contributed by atoms with Crippen molar-refractivity contribution in [2.45, 2.75) is 46.0 Å². The molecule has 0 aliphatic carbocycles. The number of hydrogen-bond acceptors (Lipinski definition) is 3. The number of aromatic nitrogens is 2. The predicted octanol–water partition coefficient (Wildman–Crippen LogP) is 2.10. The second kappa shape index (κ2) is 4.60. The molecule has 0 aliphatic heterocycles. The van der Waals surface area contributed by atoms with Gasteiger partial charge in [-0.15, -0.1) is 0 Å². The fourth-order valence-corrected chi connectivity index (χ4v) is 1.39. The maximum atomic E-state index is 11.1. The number of aliphatic carboxylic acids is 1. The summed E-state index contributed by atoms with van der Waals surface area (Å²) in [5, 5.41) is 9.13. The molecule has 1 N–H and O–H groups in total. The average Bonchev–Trinajstić information content (AvgIpc) is 2.17. The minimum Gasteiger partial charge on any atom is -0.481 e. The normalized spacial score (nSPS) is 11.5. The largest absolute Gasteiger partial charge is 0.481 e. The first-order valence-electron chi connectivity index (χ1n) is 5.46. The fourth-order valence-electron chi connectivity index (χ4n) is 1.39. The molecule has 0 unspecified atom stereocenters. The zero-order chi connectivity index (χ0) is 12.3. The second-order valence-corrected chi connectivity index (χ2v) is 4.50. The van der Waals surface area contributed by atoms with Gasteiger partial charge in [0.15, 0.2) is 0 Å². The molecule has 0 aromatic carbocycles. The standard InChI is InChI=1S/C12H18N2O2/c1-5-6-9-7-8(2)13-10(14-9)12(3,4)11(15)16/h7H,5-6H2,1-4H3,(H,15,16). The Morgan fingerprint density at radius 1 is 1.44 bits per heavy atom. The molecule has 1 rings (SSSR count). The van der Waals surface area contributed by atoms with E-state index >= 15 is 0 Å². The Hall–Kier alpha value is -1.45. The number of hydrogen-bond donors (Lipinski definition) is 1. The van der Waals surface area contributed by atoms with E-state index in [2.05, 4.69) is 16.9 Å². The van der Waals surface area contributed by atoms with Crippen LogP contribution in [0.5, 0.6) is 0 Å². The van der Waals surface area contributed by atoms with Crippen LogP contribution in [0.2, 0.25) is 0 Å². The lowest BCUT2D eigenvalue weighted by Crippen LogP contribution is -2.31. The molecule has 4 nitrogen and oxygen atoms in total. The van der Waals surface area contributed by atoms with E-state index in [1.807, 2.05) is 13.0 Å². The summed E-state index contributed by atoms with van der Waals surface area (Å²) in [4.78, 5) is 19.7. The van der Waals surface area contributed by atoms with Crippen LogP contribution in [0.25, 0.3) is 0 Å². The molecule has 0 aliphatic rings. The Balaban J connectivity index is 3.19. The van der Waals surface area contributed by atoms with Gasteiger partial charge in [0, 0.05) is 11.4 Å². The molecule has 1 aromatic rings. The number of carboxylic acid groups (broad SMARTS) is 1. The summed E-state index contributed by atoms with van der Waals surface area (Å²) < 4.78 is 0. The summed E-state index contributed by atoms with van der Waals surface area (Å²) in [7, 11) is 0. The van der Waals surface area contributed by atoms with E-state index in [-0.39, 0.29) is 0 Å². The van der Waals surface area contributed by atoms with Crippen molar-refractivity contribution in [2.24, 2.45) is 0 Å². The van der Waals surface area contributed by atoms with Crippen molar-refractivity contribution in [3.8, 4) is 0 Å². The lowest BCUT2D eigenvalue weighted by molar-refractivity contribution is -0.142. The summed E-state index contributed by atoms with van der Waals surface area (Å²) >= 11 is 0. The maximum Gasteiger partial charge on any atom is 0.316 e. The van der Waals surface area contributed by atoms with Crippen molar-refractivity contribution in [1.29, 1.82) is 0 Å². The van der Waals surface area contributed by atoms with Gasteiger partial charge in [-0.1, -0.05) is 13.3 Å². The van der Waals surface area contributed by atoms with Crippen molar-refractivity contribution < 1.29 is 9.90 Å². The first-order chi connectivity index (χ1) is 7.37. The highest BCUT2D eigenvalue weighted by atomic mass is 16.4. The molecule has 0 bridgehead atoms. The maximum absolute atomic E-state index is 11.1. The van der Waals surface area contributed by atoms with Crippen LogP contribution >= 0.6 is 0 Å². The summed E-state index contributed by atoms with van der Waals surface area (Å²) in [6, 6.07) is 1.91. The Morgan fingerprint density at radius 2 is 2.06 bits per heavy atom. The number of carboxylic acids is 1. The third-order valence-corrected chi connectivity index (χ3v) is 2.51. The van der Waals surface area contributed by atoms with Crippen LogP contribution in [-0.2, 0) is 16.6 Å². The van der Waals surface area contributed by atoms with Gasteiger partial charge in [0.1, 0.15) is 11.2 Å². The van der Waals surface area contributed by atoms with E-state index in [1.54, 1.807) is 13.8 Å². The van der Waals surface area contributed by atoms with Gasteiger partial charge in [-0.05, 0) is 33.3 Å². The number of carbonyl (C=O) groups is 1. The molecule has 0 saturated heterocycles. The van der Waals surface area contributed by atoms with Gasteiger partial charge in [0.2, 0.25) is 0 Å². The van der Waals surface area contributed by atoms with Gasteiger partial charge in [-0.2, -0.15) is 0 Å². The summed E-state index contributed by atoms with van der Waals surface area (Å²) in [5.74, 6) is -0.510. The van der Waals surface area contributed by atoms with Gasteiger partial charge in [-0.25, -0.2) is 9.97 Å². The average molecular weight is 222 g/mol. The minimum atomic E-state index is -1.03. The molecule has 1 aromatic heterocycles. The van der Waals surface area contributed by atoms with Crippen molar-refractivity contribution >= 4 is 5.97 Å². The molecule has 16 heavy (non-hydrogen) atoms. The summed E-state index contributed by atoms with van der Waals surface area (Å²) in [6.45, 7) is 7.18. The van der Waals surface area contributed by atoms with Gasteiger partial charge >= 0.3 is 5.97 Å². The van der Waals surface area contributed by atoms with E-state index in [4.69, 9.17) is 5.11 Å². The van der Waals surface area contributed by atoms with E-state index in [0.717, 1.165) is 24.2 Å². The topological polar surface area (TPSA) is 63.1 Å². The number of rotatable bonds is 4.